The molecule has 0 heterocycles. The first-order valence-electron chi connectivity index (χ1n) is 24.1. The summed E-state index contributed by atoms with van der Waals surface area (Å²) >= 11 is 0. The van der Waals surface area contributed by atoms with Gasteiger partial charge in [-0.25, -0.2) is 4.57 Å². The maximum atomic E-state index is 12.8. The van der Waals surface area contributed by atoms with E-state index >= 15 is 0 Å². The second kappa shape index (κ2) is 38.8. The average molecular weight is 913 g/mol. The van der Waals surface area contributed by atoms with Crippen LogP contribution in [-0.4, -0.2) is 98.3 Å². The number of hydrogen-bond donors (Lipinski definition) is 6. The van der Waals surface area contributed by atoms with E-state index < -0.39 is 75.7 Å². The Morgan fingerprint density at radius 1 is 0.492 bits per heavy atom. The summed E-state index contributed by atoms with van der Waals surface area (Å²) < 4.78 is 33.5. The topological polar surface area (TPSA) is 210 Å². The van der Waals surface area contributed by atoms with Gasteiger partial charge in [-0.1, -0.05) is 152 Å². The second-order valence-electron chi connectivity index (χ2n) is 16.6. The Morgan fingerprint density at radius 2 is 0.873 bits per heavy atom. The molecule has 1 aliphatic rings. The first-order chi connectivity index (χ1) is 30.4. The Morgan fingerprint density at radius 3 is 1.40 bits per heavy atom. The van der Waals surface area contributed by atoms with E-state index in [1.54, 1.807) is 0 Å². The van der Waals surface area contributed by atoms with Crippen molar-refractivity contribution in [2.75, 3.05) is 13.2 Å². The number of carbonyl (C=O) groups excluding carboxylic acids is 2. The number of esters is 2. The monoisotopic (exact) mass is 913 g/mol. The molecule has 63 heavy (non-hydrogen) atoms. The first kappa shape index (κ1) is 58.6. The normalized spacial score (nSPS) is 22.2. The van der Waals surface area contributed by atoms with Crippen LogP contribution in [0.4, 0.5) is 0 Å². The molecule has 6 unspecified atom stereocenters. The van der Waals surface area contributed by atoms with Gasteiger partial charge in [0, 0.05) is 12.8 Å². The fourth-order valence-electron chi connectivity index (χ4n) is 6.92. The molecule has 0 amide bonds. The van der Waals surface area contributed by atoms with E-state index in [0.29, 0.717) is 19.3 Å². The fraction of sp³-hybridized carbons (Fsp3) is 0.755. The van der Waals surface area contributed by atoms with Gasteiger partial charge in [0.15, 0.2) is 6.10 Å². The van der Waals surface area contributed by atoms with Crippen molar-refractivity contribution >= 4 is 19.8 Å². The van der Waals surface area contributed by atoms with Crippen LogP contribution in [0, 0.1) is 0 Å². The van der Waals surface area contributed by atoms with Crippen LogP contribution in [0.15, 0.2) is 60.8 Å². The smallest absolute Gasteiger partial charge is 0.462 e. The summed E-state index contributed by atoms with van der Waals surface area (Å²) in [6, 6.07) is 0. The Balaban J connectivity index is 2.49. The highest BCUT2D eigenvalue weighted by Gasteiger charge is 2.51. The van der Waals surface area contributed by atoms with E-state index in [9.17, 15) is 44.6 Å². The number of aliphatic hydroxyl groups is 5. The lowest BCUT2D eigenvalue weighted by molar-refractivity contribution is -0.220. The molecule has 364 valence electrons. The Hall–Kier alpha value is -2.45. The predicted octanol–water partition coefficient (Wildman–Crippen LogP) is 9.73. The number of rotatable bonds is 39. The lowest BCUT2D eigenvalue weighted by Crippen LogP contribution is -2.64. The molecule has 14 heteroatoms. The van der Waals surface area contributed by atoms with Crippen LogP contribution in [-0.2, 0) is 32.7 Å². The van der Waals surface area contributed by atoms with E-state index in [-0.39, 0.29) is 12.8 Å². The molecule has 1 saturated carbocycles. The summed E-state index contributed by atoms with van der Waals surface area (Å²) in [7, 11) is -5.14. The highest BCUT2D eigenvalue weighted by atomic mass is 31.2. The molecular weight excluding hydrogens is 828 g/mol. The molecule has 0 aromatic rings. The van der Waals surface area contributed by atoms with Crippen molar-refractivity contribution in [1.82, 2.24) is 0 Å². The average Bonchev–Trinajstić information content (AvgIpc) is 3.26. The minimum Gasteiger partial charge on any atom is -0.462 e. The number of carbonyl (C=O) groups is 2. The Kier molecular flexibility index (Phi) is 36.1. The van der Waals surface area contributed by atoms with E-state index in [2.05, 4.69) is 62.5 Å². The highest BCUT2D eigenvalue weighted by molar-refractivity contribution is 7.47. The van der Waals surface area contributed by atoms with Crippen molar-refractivity contribution in [2.45, 2.75) is 224 Å². The second-order valence-corrected chi connectivity index (χ2v) is 18.0. The largest absolute Gasteiger partial charge is 0.472 e. The number of phosphoric acid groups is 1. The molecular formula is C49H85O13P. The van der Waals surface area contributed by atoms with Gasteiger partial charge in [-0.05, 0) is 77.0 Å². The van der Waals surface area contributed by atoms with E-state index in [0.717, 1.165) is 57.8 Å². The molecule has 0 aliphatic heterocycles. The summed E-state index contributed by atoms with van der Waals surface area (Å²) in [5.41, 5.74) is 0. The first-order valence-corrected chi connectivity index (χ1v) is 25.6. The number of hydrogen-bond acceptors (Lipinski definition) is 12. The molecule has 6 N–H and O–H groups in total. The minimum absolute atomic E-state index is 0.0181. The molecule has 0 radical (unpaired) electrons. The number of phosphoric ester groups is 1. The number of aliphatic hydroxyl groups excluding tert-OH is 5. The maximum Gasteiger partial charge on any atom is 0.472 e. The van der Waals surface area contributed by atoms with Crippen molar-refractivity contribution in [2.24, 2.45) is 0 Å². The van der Waals surface area contributed by atoms with Gasteiger partial charge in [-0.15, -0.1) is 0 Å². The van der Waals surface area contributed by atoms with Crippen molar-refractivity contribution in [1.29, 1.82) is 0 Å². The van der Waals surface area contributed by atoms with Gasteiger partial charge < -0.3 is 39.9 Å². The van der Waals surface area contributed by atoms with Crippen molar-refractivity contribution in [3.05, 3.63) is 60.8 Å². The van der Waals surface area contributed by atoms with E-state index in [1.165, 1.54) is 77.0 Å². The third-order valence-corrected chi connectivity index (χ3v) is 11.8. The Bertz CT molecular complexity index is 1330. The number of allylic oxidation sites excluding steroid dienone is 10. The molecule has 13 nitrogen and oxygen atoms in total. The summed E-state index contributed by atoms with van der Waals surface area (Å²) in [5.74, 6) is -1.17. The molecule has 0 bridgehead atoms. The summed E-state index contributed by atoms with van der Waals surface area (Å²) in [4.78, 5) is 35.7. The van der Waals surface area contributed by atoms with Crippen LogP contribution >= 0.6 is 7.82 Å². The maximum absolute atomic E-state index is 12.8. The van der Waals surface area contributed by atoms with Gasteiger partial charge in [-0.2, -0.15) is 0 Å². The lowest BCUT2D eigenvalue weighted by atomic mass is 9.85. The predicted molar refractivity (Wildman–Crippen MR) is 249 cm³/mol. The molecule has 1 aliphatic carbocycles. The molecule has 0 aromatic heterocycles. The third kappa shape index (κ3) is 31.2. The van der Waals surface area contributed by atoms with Crippen LogP contribution in [0.3, 0.4) is 0 Å². The van der Waals surface area contributed by atoms with Crippen LogP contribution < -0.4 is 0 Å². The van der Waals surface area contributed by atoms with Gasteiger partial charge >= 0.3 is 19.8 Å². The minimum atomic E-state index is -5.14. The van der Waals surface area contributed by atoms with Crippen LogP contribution in [0.1, 0.15) is 181 Å². The summed E-state index contributed by atoms with van der Waals surface area (Å²) in [5, 5.41) is 50.2. The highest BCUT2D eigenvalue weighted by Crippen LogP contribution is 2.47. The van der Waals surface area contributed by atoms with E-state index in [1.807, 2.05) is 12.2 Å². The fourth-order valence-corrected chi connectivity index (χ4v) is 7.89. The zero-order chi connectivity index (χ0) is 46.4. The van der Waals surface area contributed by atoms with E-state index in [4.69, 9.17) is 18.5 Å². The number of ether oxygens (including phenoxy) is 2. The van der Waals surface area contributed by atoms with Crippen LogP contribution in [0.2, 0.25) is 0 Å². The van der Waals surface area contributed by atoms with Gasteiger partial charge in [0.1, 0.15) is 43.2 Å². The zero-order valence-electron chi connectivity index (χ0n) is 38.6. The van der Waals surface area contributed by atoms with Crippen molar-refractivity contribution in [3.8, 4) is 0 Å². The van der Waals surface area contributed by atoms with Crippen molar-refractivity contribution < 1.29 is 63.1 Å². The molecule has 0 saturated heterocycles. The summed E-state index contributed by atoms with van der Waals surface area (Å²) in [6.45, 7) is 3.22. The standard InChI is InChI=1S/C49H85O13P/c1-3-5-7-9-11-13-15-17-19-21-23-25-27-29-31-33-35-37-42(50)59-39-41(40-60-63(57,58)62-49-47(55)45(53)44(52)46(54)48(49)56)61-43(51)38-36-34-32-30-28-26-24-22-20-18-16-14-12-10-8-6-4-2/h12,14,17-20,24,26,30,32,41,44-49,52-56H,3-11,13,15-16,21-23,25,27-29,31,33-40H2,1-2H3,(H,57,58)/b14-12-,19-17-,20-18-,26-24-,32-30-/t41-,44?,45-,46?,47?,48?,49?/m1/s1. The van der Waals surface area contributed by atoms with Gasteiger partial charge in [0.05, 0.1) is 6.61 Å². The molecule has 1 fully saturated rings. The van der Waals surface area contributed by atoms with Gasteiger partial charge in [0.2, 0.25) is 0 Å². The lowest BCUT2D eigenvalue weighted by Gasteiger charge is -2.41. The van der Waals surface area contributed by atoms with Crippen LogP contribution in [0.25, 0.3) is 0 Å². The van der Waals surface area contributed by atoms with Gasteiger partial charge in [-0.3, -0.25) is 18.6 Å². The Labute approximate surface area is 379 Å². The quantitative estimate of drug-likeness (QED) is 0.0147. The zero-order valence-corrected chi connectivity index (χ0v) is 39.5. The van der Waals surface area contributed by atoms with Crippen molar-refractivity contribution in [3.63, 3.8) is 0 Å². The van der Waals surface area contributed by atoms with Gasteiger partial charge in [0.25, 0.3) is 0 Å². The third-order valence-electron chi connectivity index (χ3n) is 10.8. The molecule has 1 rings (SSSR count). The molecule has 8 atom stereocenters. The molecule has 0 aromatic carbocycles. The summed E-state index contributed by atoms with van der Waals surface area (Å²) in [6.07, 6.45) is 34.2. The SMILES string of the molecule is CCCCC/C=C\C/C=C\C/C=C\C/C=C\CCCC(=O)O[C@H](COC(=O)CCCCCCCCC/C=C\CCCCCCCC)COP(=O)(O)OC1C(O)C(O)C(O)[C@@H](O)C1O. The number of unbranched alkanes of at least 4 members (excludes halogenated alkanes) is 17. The van der Waals surface area contributed by atoms with Crippen LogP contribution in [0.5, 0.6) is 0 Å². The molecule has 0 spiro atoms.